The largest absolute Gasteiger partial charge is 0.387 e. The van der Waals surface area contributed by atoms with Crippen LogP contribution in [0.4, 0.5) is 5.69 Å². The van der Waals surface area contributed by atoms with Crippen molar-refractivity contribution in [1.82, 2.24) is 4.90 Å². The number of hydrogen-bond acceptors (Lipinski definition) is 4. The summed E-state index contributed by atoms with van der Waals surface area (Å²) < 4.78 is 5.41. The highest BCUT2D eigenvalue weighted by Crippen LogP contribution is 2.33. The smallest absolute Gasteiger partial charge is 0.258 e. The van der Waals surface area contributed by atoms with E-state index < -0.39 is 6.10 Å². The maximum absolute atomic E-state index is 12.9. The van der Waals surface area contributed by atoms with Crippen molar-refractivity contribution in [1.29, 1.82) is 0 Å². The normalized spacial score (nSPS) is 19.3. The predicted molar refractivity (Wildman–Crippen MR) is 110 cm³/mol. The first-order valence-electron chi connectivity index (χ1n) is 10.1. The van der Waals surface area contributed by atoms with Crippen LogP contribution in [0.5, 0.6) is 0 Å². The summed E-state index contributed by atoms with van der Waals surface area (Å²) in [6.07, 6.45) is 0.268. The Hall–Kier alpha value is -2.21. The maximum atomic E-state index is 12.9. The molecule has 0 radical (unpaired) electrons. The highest BCUT2D eigenvalue weighted by atomic mass is 16.5. The van der Waals surface area contributed by atoms with E-state index in [0.717, 1.165) is 55.1 Å². The molecular formula is C23H28N2O3. The zero-order valence-corrected chi connectivity index (χ0v) is 16.6. The highest BCUT2D eigenvalue weighted by Gasteiger charge is 2.29. The Bertz CT molecular complexity index is 843. The zero-order valence-electron chi connectivity index (χ0n) is 16.6. The third-order valence-electron chi connectivity index (χ3n) is 5.96. The fourth-order valence-electron chi connectivity index (χ4n) is 4.13. The first kappa shape index (κ1) is 19.1. The number of anilines is 1. The van der Waals surface area contributed by atoms with E-state index in [-0.39, 0.29) is 11.9 Å². The van der Waals surface area contributed by atoms with Crippen molar-refractivity contribution in [2.24, 2.45) is 0 Å². The van der Waals surface area contributed by atoms with E-state index in [2.05, 4.69) is 17.9 Å². The van der Waals surface area contributed by atoms with Crippen LogP contribution in [0, 0.1) is 6.92 Å². The lowest BCUT2D eigenvalue weighted by molar-refractivity contribution is -0.0166. The lowest BCUT2D eigenvalue weighted by atomic mass is 9.98. The van der Waals surface area contributed by atoms with Crippen LogP contribution in [-0.2, 0) is 11.2 Å². The number of aliphatic hydroxyl groups excluding tert-OH is 1. The molecule has 4 rings (SSSR count). The van der Waals surface area contributed by atoms with E-state index in [0.29, 0.717) is 12.1 Å². The van der Waals surface area contributed by atoms with Crippen LogP contribution in [0.1, 0.15) is 40.1 Å². The number of benzene rings is 2. The third kappa shape index (κ3) is 3.70. The van der Waals surface area contributed by atoms with Gasteiger partial charge in [0.25, 0.3) is 5.91 Å². The number of aryl methyl sites for hydroxylation is 1. The number of carbonyl (C=O) groups excluding carboxylic acids is 1. The van der Waals surface area contributed by atoms with E-state index in [4.69, 9.17) is 4.74 Å². The van der Waals surface area contributed by atoms with E-state index in [1.165, 1.54) is 0 Å². The summed E-state index contributed by atoms with van der Waals surface area (Å²) in [5.41, 5.74) is 4.86. The van der Waals surface area contributed by atoms with Gasteiger partial charge in [0.1, 0.15) is 0 Å². The molecule has 5 nitrogen and oxygen atoms in total. The first-order valence-corrected chi connectivity index (χ1v) is 10.1. The van der Waals surface area contributed by atoms with Gasteiger partial charge in [-0.05, 0) is 49.6 Å². The van der Waals surface area contributed by atoms with Crippen LogP contribution in [0.25, 0.3) is 0 Å². The number of rotatable bonds is 4. The van der Waals surface area contributed by atoms with Gasteiger partial charge >= 0.3 is 0 Å². The molecule has 0 aliphatic carbocycles. The van der Waals surface area contributed by atoms with Gasteiger partial charge in [0.2, 0.25) is 0 Å². The quantitative estimate of drug-likeness (QED) is 0.886. The summed E-state index contributed by atoms with van der Waals surface area (Å²) in [6.45, 7) is 7.90. The molecule has 1 fully saturated rings. The summed E-state index contributed by atoms with van der Waals surface area (Å²) >= 11 is 0. The molecular weight excluding hydrogens is 352 g/mol. The Morgan fingerprint density at radius 2 is 1.79 bits per heavy atom. The van der Waals surface area contributed by atoms with Gasteiger partial charge in [-0.15, -0.1) is 0 Å². The van der Waals surface area contributed by atoms with Crippen molar-refractivity contribution in [3.05, 3.63) is 64.7 Å². The van der Waals surface area contributed by atoms with Gasteiger partial charge in [-0.2, -0.15) is 0 Å². The second-order valence-electron chi connectivity index (χ2n) is 7.79. The summed E-state index contributed by atoms with van der Waals surface area (Å²) in [4.78, 5) is 17.0. The minimum Gasteiger partial charge on any atom is -0.387 e. The van der Waals surface area contributed by atoms with Crippen molar-refractivity contribution in [2.45, 2.75) is 32.4 Å². The molecule has 2 heterocycles. The summed E-state index contributed by atoms with van der Waals surface area (Å²) in [5.74, 6) is 0.0359. The Morgan fingerprint density at radius 1 is 1.07 bits per heavy atom. The fourth-order valence-corrected chi connectivity index (χ4v) is 4.13. The van der Waals surface area contributed by atoms with Crippen LogP contribution >= 0.6 is 0 Å². The molecule has 1 N–H and O–H groups in total. The molecule has 2 aromatic carbocycles. The number of aliphatic hydroxyl groups is 1. The topological polar surface area (TPSA) is 53.0 Å². The molecule has 0 spiro atoms. The van der Waals surface area contributed by atoms with Crippen molar-refractivity contribution in [3.63, 3.8) is 0 Å². The second-order valence-corrected chi connectivity index (χ2v) is 7.79. The molecule has 28 heavy (non-hydrogen) atoms. The number of ether oxygens (including phenoxy) is 1. The van der Waals surface area contributed by atoms with E-state index in [9.17, 15) is 9.90 Å². The Kier molecular flexibility index (Phi) is 5.49. The molecule has 1 saturated heterocycles. The molecule has 0 bridgehead atoms. The van der Waals surface area contributed by atoms with E-state index in [1.54, 1.807) is 0 Å². The molecule has 1 amide bonds. The van der Waals surface area contributed by atoms with Crippen molar-refractivity contribution < 1.29 is 14.6 Å². The maximum Gasteiger partial charge on any atom is 0.258 e. The second kappa shape index (κ2) is 8.03. The monoisotopic (exact) mass is 380 g/mol. The molecule has 2 atom stereocenters. The Balaban J connectivity index is 1.51. The van der Waals surface area contributed by atoms with Gasteiger partial charge in [0, 0.05) is 36.9 Å². The predicted octanol–water partition coefficient (Wildman–Crippen LogP) is 2.95. The van der Waals surface area contributed by atoms with E-state index >= 15 is 0 Å². The minimum atomic E-state index is -0.551. The standard InChI is InChI=1S/C23H28N2O3/c1-16-3-5-18(6-4-16)23(27)25-10-9-19-15-20(7-8-21(19)25)22(26)17(2)24-11-13-28-14-12-24/h3-8,15,17,22,26H,9-14H2,1-2H3. The average molecular weight is 380 g/mol. The number of fused-ring (bicyclic) bond motifs is 1. The number of morpholine rings is 1. The lowest BCUT2D eigenvalue weighted by Gasteiger charge is -2.35. The van der Waals surface area contributed by atoms with Crippen LogP contribution in [-0.4, -0.2) is 54.8 Å². The third-order valence-corrected chi connectivity index (χ3v) is 5.96. The van der Waals surface area contributed by atoms with Gasteiger partial charge in [0.05, 0.1) is 19.3 Å². The minimum absolute atomic E-state index is 0.0358. The summed E-state index contributed by atoms with van der Waals surface area (Å²) in [7, 11) is 0. The number of hydrogen-bond donors (Lipinski definition) is 1. The number of carbonyl (C=O) groups is 1. The molecule has 0 saturated carbocycles. The van der Waals surface area contributed by atoms with Gasteiger partial charge in [-0.3, -0.25) is 9.69 Å². The summed E-state index contributed by atoms with van der Waals surface area (Å²) in [5, 5.41) is 10.9. The zero-order chi connectivity index (χ0) is 19.7. The molecule has 5 heteroatoms. The molecule has 0 aromatic heterocycles. The highest BCUT2D eigenvalue weighted by molar-refractivity contribution is 6.07. The van der Waals surface area contributed by atoms with E-state index in [1.807, 2.05) is 48.2 Å². The van der Waals surface area contributed by atoms with Crippen molar-refractivity contribution in [2.75, 3.05) is 37.7 Å². The van der Waals surface area contributed by atoms with Gasteiger partial charge in [0.15, 0.2) is 0 Å². The average Bonchev–Trinajstić information content (AvgIpc) is 3.16. The Morgan fingerprint density at radius 3 is 2.50 bits per heavy atom. The molecule has 2 aromatic rings. The molecule has 2 unspecified atom stereocenters. The fraction of sp³-hybridized carbons (Fsp3) is 0.435. The number of nitrogens with zero attached hydrogens (tertiary/aromatic N) is 2. The molecule has 2 aliphatic rings. The molecule has 2 aliphatic heterocycles. The van der Waals surface area contributed by atoms with Crippen molar-refractivity contribution >= 4 is 11.6 Å². The van der Waals surface area contributed by atoms with Crippen molar-refractivity contribution in [3.8, 4) is 0 Å². The summed E-state index contributed by atoms with van der Waals surface area (Å²) in [6, 6.07) is 13.8. The number of amides is 1. The van der Waals surface area contributed by atoms with Gasteiger partial charge in [-0.25, -0.2) is 0 Å². The van der Waals surface area contributed by atoms with Crippen LogP contribution in [0.2, 0.25) is 0 Å². The molecule has 148 valence electrons. The lowest BCUT2D eigenvalue weighted by Crippen LogP contribution is -2.44. The van der Waals surface area contributed by atoms with Crippen LogP contribution in [0.15, 0.2) is 42.5 Å². The first-order chi connectivity index (χ1) is 13.5. The SMILES string of the molecule is Cc1ccc(C(=O)N2CCc3cc(C(O)C(C)N4CCOCC4)ccc32)cc1. The van der Waals surface area contributed by atoms with Crippen LogP contribution < -0.4 is 4.90 Å². The Labute approximate surface area is 166 Å². The van der Waals surface area contributed by atoms with Gasteiger partial charge in [-0.1, -0.05) is 29.8 Å². The van der Waals surface area contributed by atoms with Crippen LogP contribution in [0.3, 0.4) is 0 Å². The van der Waals surface area contributed by atoms with Gasteiger partial charge < -0.3 is 14.7 Å².